The number of carboxylic acids is 2. The number of carbonyl (C=O) groups excluding carboxylic acids is 1. The van der Waals surface area contributed by atoms with Gasteiger partial charge >= 0.3 is 11.9 Å². The van der Waals surface area contributed by atoms with Crippen LogP contribution < -0.4 is 5.32 Å². The molecule has 0 saturated carbocycles. The van der Waals surface area contributed by atoms with Crippen molar-refractivity contribution in [1.82, 2.24) is 15.1 Å². The summed E-state index contributed by atoms with van der Waals surface area (Å²) in [5.41, 5.74) is 0.398. The van der Waals surface area contributed by atoms with Gasteiger partial charge in [-0.2, -0.15) is 5.10 Å². The molecule has 1 aromatic heterocycles. The minimum atomic E-state index is -1.53. The molecule has 0 aliphatic heterocycles. The van der Waals surface area contributed by atoms with Crippen molar-refractivity contribution < 1.29 is 24.6 Å². The van der Waals surface area contributed by atoms with E-state index in [4.69, 9.17) is 21.8 Å². The zero-order chi connectivity index (χ0) is 14.7. The Hall–Kier alpha value is -2.09. The van der Waals surface area contributed by atoms with Crippen molar-refractivity contribution >= 4 is 29.4 Å². The van der Waals surface area contributed by atoms with E-state index in [9.17, 15) is 14.4 Å². The Morgan fingerprint density at radius 1 is 1.42 bits per heavy atom. The number of hydrogen-bond donors (Lipinski definition) is 3. The number of nitrogens with zero attached hydrogens (tertiary/aromatic N) is 2. The predicted octanol–water partition coefficient (Wildman–Crippen LogP) is 0.0396. The lowest BCUT2D eigenvalue weighted by Gasteiger charge is -2.12. The number of hydrogen-bond acceptors (Lipinski definition) is 4. The Kier molecular flexibility index (Phi) is 4.49. The quantitative estimate of drug-likeness (QED) is 0.703. The van der Waals surface area contributed by atoms with Crippen LogP contribution in [0.1, 0.15) is 22.6 Å². The van der Waals surface area contributed by atoms with Crippen molar-refractivity contribution in [2.24, 2.45) is 7.05 Å². The average Bonchev–Trinajstić information content (AvgIpc) is 2.51. The van der Waals surface area contributed by atoms with E-state index in [1.807, 2.05) is 0 Å². The second-order valence-electron chi connectivity index (χ2n) is 3.83. The van der Waals surface area contributed by atoms with Crippen LogP contribution in [0.2, 0.25) is 5.02 Å². The fourth-order valence-corrected chi connectivity index (χ4v) is 1.73. The van der Waals surface area contributed by atoms with E-state index >= 15 is 0 Å². The molecule has 19 heavy (non-hydrogen) atoms. The van der Waals surface area contributed by atoms with Crippen molar-refractivity contribution in [3.63, 3.8) is 0 Å². The molecule has 104 valence electrons. The van der Waals surface area contributed by atoms with E-state index in [-0.39, 0.29) is 10.7 Å². The molecular formula is C10H12ClN3O5. The van der Waals surface area contributed by atoms with E-state index < -0.39 is 30.3 Å². The summed E-state index contributed by atoms with van der Waals surface area (Å²) < 4.78 is 1.20. The second kappa shape index (κ2) is 5.70. The minimum absolute atomic E-state index is 0.0178. The molecule has 1 heterocycles. The fourth-order valence-electron chi connectivity index (χ4n) is 1.48. The summed E-state index contributed by atoms with van der Waals surface area (Å²) in [5.74, 6) is -3.56. The molecule has 0 spiro atoms. The summed E-state index contributed by atoms with van der Waals surface area (Å²) in [6.07, 6.45) is -0.727. The lowest BCUT2D eigenvalue weighted by atomic mass is 10.2. The zero-order valence-electron chi connectivity index (χ0n) is 10.2. The number of halogens is 1. The van der Waals surface area contributed by atoms with Gasteiger partial charge in [0.05, 0.1) is 17.1 Å². The lowest BCUT2D eigenvalue weighted by Crippen LogP contribution is -2.42. The van der Waals surface area contributed by atoms with E-state index in [1.54, 1.807) is 6.92 Å². The third-order valence-electron chi connectivity index (χ3n) is 2.35. The van der Waals surface area contributed by atoms with Crippen LogP contribution in [0.15, 0.2) is 0 Å². The van der Waals surface area contributed by atoms with Crippen LogP contribution in [0.25, 0.3) is 0 Å². The number of nitrogens with one attached hydrogen (secondary N) is 1. The molecule has 9 heteroatoms. The smallest absolute Gasteiger partial charge is 0.326 e. The van der Waals surface area contributed by atoms with E-state index in [1.165, 1.54) is 11.7 Å². The summed E-state index contributed by atoms with van der Waals surface area (Å²) in [6, 6.07) is -1.53. The van der Waals surface area contributed by atoms with Gasteiger partial charge in [-0.05, 0) is 6.92 Å². The maximum absolute atomic E-state index is 11.9. The van der Waals surface area contributed by atoms with Gasteiger partial charge in [-0.3, -0.25) is 14.3 Å². The van der Waals surface area contributed by atoms with Crippen molar-refractivity contribution in [1.29, 1.82) is 0 Å². The molecule has 0 saturated heterocycles. The fraction of sp³-hybridized carbons (Fsp3) is 0.400. The summed E-state index contributed by atoms with van der Waals surface area (Å²) in [6.45, 7) is 1.59. The highest BCUT2D eigenvalue weighted by molar-refractivity contribution is 6.34. The largest absolute Gasteiger partial charge is 0.481 e. The molecule has 1 atom stereocenters. The van der Waals surface area contributed by atoms with Gasteiger partial charge in [0, 0.05) is 7.05 Å². The number of aryl methyl sites for hydroxylation is 2. The lowest BCUT2D eigenvalue weighted by molar-refractivity contribution is -0.145. The topological polar surface area (TPSA) is 122 Å². The van der Waals surface area contributed by atoms with Gasteiger partial charge in [0.1, 0.15) is 11.7 Å². The minimum Gasteiger partial charge on any atom is -0.481 e. The normalized spacial score (nSPS) is 11.9. The standard InChI is InChI=1S/C10H12ClN3O5/c1-4-7(11)8(14(2)13-4)9(17)12-5(10(18)19)3-6(15)16/h5H,3H2,1-2H3,(H,12,17)(H,15,16)(H,18,19)/t5-/m1/s1. The molecule has 0 aliphatic carbocycles. The highest BCUT2D eigenvalue weighted by Gasteiger charge is 2.26. The summed E-state index contributed by atoms with van der Waals surface area (Å²) in [4.78, 5) is 33.2. The molecule has 0 radical (unpaired) electrons. The predicted molar refractivity (Wildman–Crippen MR) is 64.1 cm³/mol. The SMILES string of the molecule is Cc1nn(C)c(C(=O)N[C@H](CC(=O)O)C(=O)O)c1Cl. The van der Waals surface area contributed by atoms with E-state index in [0.29, 0.717) is 5.69 Å². The first-order valence-corrected chi connectivity index (χ1v) is 5.56. The maximum atomic E-state index is 11.9. The Bertz CT molecular complexity index is 540. The van der Waals surface area contributed by atoms with Crippen LogP contribution in [0, 0.1) is 6.92 Å². The van der Waals surface area contributed by atoms with Crippen LogP contribution in [0.5, 0.6) is 0 Å². The number of carboxylic acid groups (broad SMARTS) is 2. The number of carbonyl (C=O) groups is 3. The van der Waals surface area contributed by atoms with E-state index in [2.05, 4.69) is 10.4 Å². The van der Waals surface area contributed by atoms with Gasteiger partial charge in [0.25, 0.3) is 5.91 Å². The molecule has 0 fully saturated rings. The average molecular weight is 290 g/mol. The molecule has 0 bridgehead atoms. The summed E-state index contributed by atoms with van der Waals surface area (Å²) in [5, 5.41) is 23.5. The van der Waals surface area contributed by atoms with Crippen LogP contribution in [-0.2, 0) is 16.6 Å². The molecule has 1 aromatic rings. The van der Waals surface area contributed by atoms with Crippen LogP contribution in [0.4, 0.5) is 0 Å². The zero-order valence-corrected chi connectivity index (χ0v) is 10.9. The second-order valence-corrected chi connectivity index (χ2v) is 4.21. The summed E-state index contributed by atoms with van der Waals surface area (Å²) >= 11 is 5.87. The molecule has 0 aliphatic rings. The molecule has 0 unspecified atom stereocenters. The van der Waals surface area contributed by atoms with Gasteiger partial charge < -0.3 is 15.5 Å². The molecule has 1 rings (SSSR count). The van der Waals surface area contributed by atoms with Gasteiger partial charge in [0.15, 0.2) is 0 Å². The summed E-state index contributed by atoms with van der Waals surface area (Å²) in [7, 11) is 1.47. The van der Waals surface area contributed by atoms with Crippen molar-refractivity contribution in [2.45, 2.75) is 19.4 Å². The number of amides is 1. The number of aromatic nitrogens is 2. The van der Waals surface area contributed by atoms with Crippen molar-refractivity contribution in [2.75, 3.05) is 0 Å². The molecule has 8 nitrogen and oxygen atoms in total. The Balaban J connectivity index is 2.94. The monoisotopic (exact) mass is 289 g/mol. The first-order valence-electron chi connectivity index (χ1n) is 5.18. The third kappa shape index (κ3) is 3.44. The first kappa shape index (κ1) is 15.0. The van der Waals surface area contributed by atoms with Crippen LogP contribution >= 0.6 is 11.6 Å². The van der Waals surface area contributed by atoms with Gasteiger partial charge in [-0.25, -0.2) is 4.79 Å². The van der Waals surface area contributed by atoms with Gasteiger partial charge in [-0.1, -0.05) is 11.6 Å². The highest BCUT2D eigenvalue weighted by atomic mass is 35.5. The maximum Gasteiger partial charge on any atom is 0.326 e. The molecule has 1 amide bonds. The Morgan fingerprint density at radius 2 is 2.00 bits per heavy atom. The van der Waals surface area contributed by atoms with Crippen molar-refractivity contribution in [3.05, 3.63) is 16.4 Å². The van der Waals surface area contributed by atoms with Crippen LogP contribution in [-0.4, -0.2) is 43.9 Å². The Labute approximate surface area is 113 Å². The third-order valence-corrected chi connectivity index (χ3v) is 2.80. The molecular weight excluding hydrogens is 278 g/mol. The van der Waals surface area contributed by atoms with Gasteiger partial charge in [0.2, 0.25) is 0 Å². The molecule has 0 aromatic carbocycles. The van der Waals surface area contributed by atoms with E-state index in [0.717, 1.165) is 0 Å². The van der Waals surface area contributed by atoms with Crippen molar-refractivity contribution in [3.8, 4) is 0 Å². The first-order chi connectivity index (χ1) is 8.73. The molecule has 3 N–H and O–H groups in total. The Morgan fingerprint density at radius 3 is 2.37 bits per heavy atom. The van der Waals surface area contributed by atoms with Gasteiger partial charge in [-0.15, -0.1) is 0 Å². The number of aliphatic carboxylic acids is 2. The highest BCUT2D eigenvalue weighted by Crippen LogP contribution is 2.19. The van der Waals surface area contributed by atoms with Crippen LogP contribution in [0.3, 0.4) is 0 Å². The number of rotatable bonds is 5.